The van der Waals surface area contributed by atoms with E-state index in [4.69, 9.17) is 0 Å². The van der Waals surface area contributed by atoms with Gasteiger partial charge in [-0.05, 0) is 25.1 Å². The fraction of sp³-hybridized carbons (Fsp3) is 0.350. The minimum absolute atomic E-state index is 0.00279. The Balaban J connectivity index is 2.15. The van der Waals surface area contributed by atoms with Crippen molar-refractivity contribution < 1.29 is 18.4 Å². The summed E-state index contributed by atoms with van der Waals surface area (Å²) in [7, 11) is 3.24. The average Bonchev–Trinajstić information content (AvgIpc) is 2.96. The first-order valence-corrected chi connectivity index (χ1v) is 8.78. The quantitative estimate of drug-likeness (QED) is 0.860. The van der Waals surface area contributed by atoms with E-state index in [1.807, 2.05) is 13.8 Å². The van der Waals surface area contributed by atoms with Gasteiger partial charge >= 0.3 is 0 Å². The number of aryl methyl sites for hydroxylation is 1. The lowest BCUT2D eigenvalue weighted by Gasteiger charge is -2.28. The molecule has 0 unspecified atom stereocenters. The second kappa shape index (κ2) is 6.85. The molecule has 1 aliphatic heterocycles. The van der Waals surface area contributed by atoms with E-state index in [0.29, 0.717) is 16.8 Å². The van der Waals surface area contributed by atoms with Gasteiger partial charge in [0.1, 0.15) is 0 Å². The average molecular weight is 388 g/mol. The maximum absolute atomic E-state index is 13.6. The molecule has 2 aromatic rings. The molecule has 1 aromatic heterocycles. The number of fused-ring (bicyclic) bond motifs is 1. The highest BCUT2D eigenvalue weighted by Gasteiger charge is 2.37. The van der Waals surface area contributed by atoms with E-state index in [9.17, 15) is 18.4 Å². The number of aromatic nitrogens is 2. The van der Waals surface area contributed by atoms with Gasteiger partial charge in [0.25, 0.3) is 11.8 Å². The molecule has 1 aromatic carbocycles. The Hall–Kier alpha value is -3.03. The molecule has 0 bridgehead atoms. The van der Waals surface area contributed by atoms with Crippen LogP contribution in [0.4, 0.5) is 8.78 Å². The Labute approximate surface area is 161 Å². The number of aromatic amines is 1. The van der Waals surface area contributed by atoms with Gasteiger partial charge in [-0.3, -0.25) is 14.7 Å². The van der Waals surface area contributed by atoms with Gasteiger partial charge in [0.2, 0.25) is 0 Å². The van der Waals surface area contributed by atoms with Crippen LogP contribution >= 0.6 is 0 Å². The van der Waals surface area contributed by atoms with E-state index in [1.54, 1.807) is 21.0 Å². The summed E-state index contributed by atoms with van der Waals surface area (Å²) >= 11 is 0. The van der Waals surface area contributed by atoms with Gasteiger partial charge < -0.3 is 9.80 Å². The van der Waals surface area contributed by atoms with Crippen LogP contribution in [0.5, 0.6) is 0 Å². The predicted molar refractivity (Wildman–Crippen MR) is 100 cm³/mol. The van der Waals surface area contributed by atoms with E-state index in [0.717, 1.165) is 17.8 Å². The SMILES string of the molecule is Cc1n[nH]c2c1C(C(=O)N(C)C)=CN(C(=O)c1ccc(F)c(F)c1)CC2(C)C. The van der Waals surface area contributed by atoms with E-state index in [1.165, 1.54) is 22.1 Å². The number of likely N-dealkylation sites (N-methyl/N-ethyl adjacent to an activating group) is 1. The molecule has 28 heavy (non-hydrogen) atoms. The van der Waals surface area contributed by atoms with Gasteiger partial charge in [-0.25, -0.2) is 8.78 Å². The highest BCUT2D eigenvalue weighted by atomic mass is 19.2. The Bertz CT molecular complexity index is 992. The van der Waals surface area contributed by atoms with Gasteiger partial charge in [-0.15, -0.1) is 0 Å². The summed E-state index contributed by atoms with van der Waals surface area (Å²) in [6.07, 6.45) is 1.47. The number of carbonyl (C=O) groups excluding carboxylic acids is 2. The Kier molecular flexibility index (Phi) is 4.82. The summed E-state index contributed by atoms with van der Waals surface area (Å²) in [5.41, 5.74) is 1.80. The van der Waals surface area contributed by atoms with Crippen LogP contribution in [0.15, 0.2) is 24.4 Å². The molecule has 1 N–H and O–H groups in total. The molecule has 0 radical (unpaired) electrons. The summed E-state index contributed by atoms with van der Waals surface area (Å²) in [6.45, 7) is 5.86. The maximum atomic E-state index is 13.6. The third kappa shape index (κ3) is 3.30. The number of amides is 2. The van der Waals surface area contributed by atoms with Crippen molar-refractivity contribution in [3.8, 4) is 0 Å². The minimum Gasteiger partial charge on any atom is -0.345 e. The smallest absolute Gasteiger partial charge is 0.257 e. The summed E-state index contributed by atoms with van der Waals surface area (Å²) in [6, 6.07) is 3.01. The lowest BCUT2D eigenvalue weighted by molar-refractivity contribution is -0.122. The van der Waals surface area contributed by atoms with Crippen molar-refractivity contribution in [2.75, 3.05) is 20.6 Å². The molecule has 0 aliphatic carbocycles. The number of hydrogen-bond acceptors (Lipinski definition) is 3. The first-order chi connectivity index (χ1) is 13.0. The number of H-pyrrole nitrogens is 1. The van der Waals surface area contributed by atoms with Gasteiger partial charge in [0, 0.05) is 43.4 Å². The zero-order valence-corrected chi connectivity index (χ0v) is 16.4. The molecule has 0 fully saturated rings. The van der Waals surface area contributed by atoms with E-state index in [2.05, 4.69) is 10.2 Å². The molecular weight excluding hydrogens is 366 g/mol. The zero-order valence-electron chi connectivity index (χ0n) is 16.4. The lowest BCUT2D eigenvalue weighted by atomic mass is 9.85. The third-order valence-electron chi connectivity index (χ3n) is 4.81. The maximum Gasteiger partial charge on any atom is 0.257 e. The number of halogens is 2. The molecule has 1 aliphatic rings. The molecule has 0 saturated heterocycles. The Morgan fingerprint density at radius 1 is 1.21 bits per heavy atom. The first-order valence-electron chi connectivity index (χ1n) is 8.78. The van der Waals surface area contributed by atoms with Crippen molar-refractivity contribution in [1.29, 1.82) is 0 Å². The van der Waals surface area contributed by atoms with Crippen LogP contribution in [0.3, 0.4) is 0 Å². The van der Waals surface area contributed by atoms with Crippen molar-refractivity contribution in [2.24, 2.45) is 0 Å². The summed E-state index contributed by atoms with van der Waals surface area (Å²) in [4.78, 5) is 28.7. The van der Waals surface area contributed by atoms with Crippen LogP contribution in [0.25, 0.3) is 5.57 Å². The van der Waals surface area contributed by atoms with Crippen LogP contribution in [-0.2, 0) is 10.2 Å². The second-order valence-electron chi connectivity index (χ2n) is 7.75. The van der Waals surface area contributed by atoms with Crippen LogP contribution in [0.2, 0.25) is 0 Å². The number of benzene rings is 1. The molecule has 3 rings (SSSR count). The fourth-order valence-electron chi connectivity index (χ4n) is 3.35. The van der Waals surface area contributed by atoms with Crippen LogP contribution in [0, 0.1) is 18.6 Å². The number of carbonyl (C=O) groups is 2. The largest absolute Gasteiger partial charge is 0.345 e. The van der Waals surface area contributed by atoms with Crippen molar-refractivity contribution in [3.05, 3.63) is 58.5 Å². The van der Waals surface area contributed by atoms with Gasteiger partial charge in [-0.2, -0.15) is 5.10 Å². The number of hydrogen-bond donors (Lipinski definition) is 1. The predicted octanol–water partition coefficient (Wildman–Crippen LogP) is 2.86. The fourth-order valence-corrected chi connectivity index (χ4v) is 3.35. The van der Waals surface area contributed by atoms with Gasteiger partial charge in [0.05, 0.1) is 17.0 Å². The zero-order chi connectivity index (χ0) is 20.8. The third-order valence-corrected chi connectivity index (χ3v) is 4.81. The van der Waals surface area contributed by atoms with Crippen LogP contribution in [-0.4, -0.2) is 52.5 Å². The molecule has 0 spiro atoms. The highest BCUT2D eigenvalue weighted by molar-refractivity contribution is 6.20. The number of rotatable bonds is 2. The minimum atomic E-state index is -1.10. The molecule has 6 nitrogen and oxygen atoms in total. The normalized spacial score (nSPS) is 15.5. The summed E-state index contributed by atoms with van der Waals surface area (Å²) < 4.78 is 26.9. The van der Waals surface area contributed by atoms with Crippen molar-refractivity contribution >= 4 is 17.4 Å². The molecule has 2 heterocycles. The molecule has 8 heteroatoms. The highest BCUT2D eigenvalue weighted by Crippen LogP contribution is 2.36. The lowest BCUT2D eigenvalue weighted by Crippen LogP contribution is -2.37. The van der Waals surface area contributed by atoms with Gasteiger partial charge in [0.15, 0.2) is 11.6 Å². The Morgan fingerprint density at radius 3 is 2.50 bits per heavy atom. The topological polar surface area (TPSA) is 69.3 Å². The Morgan fingerprint density at radius 2 is 1.89 bits per heavy atom. The molecule has 0 atom stereocenters. The number of nitrogens with one attached hydrogen (secondary N) is 1. The summed E-state index contributed by atoms with van der Waals surface area (Å²) in [5, 5.41) is 7.23. The number of nitrogens with zero attached hydrogens (tertiary/aromatic N) is 3. The monoisotopic (exact) mass is 388 g/mol. The summed E-state index contributed by atoms with van der Waals surface area (Å²) in [5.74, 6) is -2.93. The van der Waals surface area contributed by atoms with Crippen LogP contribution < -0.4 is 0 Å². The molecule has 2 amide bonds. The van der Waals surface area contributed by atoms with E-state index in [-0.39, 0.29) is 18.0 Å². The van der Waals surface area contributed by atoms with E-state index >= 15 is 0 Å². The van der Waals surface area contributed by atoms with Crippen molar-refractivity contribution in [1.82, 2.24) is 20.0 Å². The molecular formula is C20H22F2N4O2. The van der Waals surface area contributed by atoms with Gasteiger partial charge in [-0.1, -0.05) is 13.8 Å². The van der Waals surface area contributed by atoms with E-state index < -0.39 is 23.0 Å². The second-order valence-corrected chi connectivity index (χ2v) is 7.75. The van der Waals surface area contributed by atoms with Crippen LogP contribution in [0.1, 0.15) is 41.2 Å². The van der Waals surface area contributed by atoms with Crippen molar-refractivity contribution in [3.63, 3.8) is 0 Å². The van der Waals surface area contributed by atoms with Crippen molar-refractivity contribution in [2.45, 2.75) is 26.2 Å². The first kappa shape index (κ1) is 19.7. The molecule has 0 saturated carbocycles. The molecule has 148 valence electrons. The standard InChI is InChI=1S/C20H22F2N4O2/c1-11-16-13(19(28)25(4)5)9-26(10-20(2,3)17(16)24-23-11)18(27)12-6-7-14(21)15(22)8-12/h6-9H,10H2,1-5H3,(H,23,24).